The number of rotatable bonds is 8. The molecule has 0 heterocycles. The van der Waals surface area contributed by atoms with Crippen molar-refractivity contribution in [3.8, 4) is 0 Å². The summed E-state index contributed by atoms with van der Waals surface area (Å²) in [6, 6.07) is 7.30. The number of nitrogens with one attached hydrogen (secondary N) is 1. The van der Waals surface area contributed by atoms with Gasteiger partial charge in [0.2, 0.25) is 10.0 Å². The van der Waals surface area contributed by atoms with Crippen LogP contribution in [0.5, 0.6) is 0 Å². The summed E-state index contributed by atoms with van der Waals surface area (Å²) in [5.41, 5.74) is 5.35. The van der Waals surface area contributed by atoms with Crippen LogP contribution in [0, 0.1) is 0 Å². The highest BCUT2D eigenvalue weighted by Crippen LogP contribution is 2.09. The number of carbonyl (C=O) groups excluding carboxylic acids is 1. The molecule has 0 amide bonds. The van der Waals surface area contributed by atoms with Crippen LogP contribution in [0.25, 0.3) is 0 Å². The molecule has 1 atom stereocenters. The smallest absolute Gasteiger partial charge is 0.241 e. The molecule has 0 saturated heterocycles. The first-order valence-electron chi connectivity index (χ1n) is 5.83. The van der Waals surface area contributed by atoms with Crippen molar-refractivity contribution < 1.29 is 13.2 Å². The molecule has 0 aliphatic heterocycles. The lowest BCUT2D eigenvalue weighted by Crippen LogP contribution is -2.36. The zero-order valence-electron chi connectivity index (χ0n) is 10.1. The molecule has 1 aromatic carbocycles. The van der Waals surface area contributed by atoms with Crippen molar-refractivity contribution in [1.82, 2.24) is 4.72 Å². The normalized spacial score (nSPS) is 13.2. The number of hydrogen-bond acceptors (Lipinski definition) is 4. The molecule has 100 valence electrons. The molecule has 0 aliphatic carbocycles. The Morgan fingerprint density at radius 2 is 1.89 bits per heavy atom. The van der Waals surface area contributed by atoms with Crippen molar-refractivity contribution in [2.75, 3.05) is 6.54 Å². The second kappa shape index (κ2) is 7.25. The van der Waals surface area contributed by atoms with Gasteiger partial charge in [0.1, 0.15) is 6.29 Å². The molecule has 18 heavy (non-hydrogen) atoms. The van der Waals surface area contributed by atoms with Gasteiger partial charge >= 0.3 is 0 Å². The van der Waals surface area contributed by atoms with Gasteiger partial charge in [0.15, 0.2) is 0 Å². The van der Waals surface area contributed by atoms with Crippen LogP contribution < -0.4 is 10.5 Å². The maximum atomic E-state index is 11.9. The molecule has 0 saturated carbocycles. The fraction of sp³-hybridized carbons (Fsp3) is 0.417. The predicted molar refractivity (Wildman–Crippen MR) is 69.5 cm³/mol. The summed E-state index contributed by atoms with van der Waals surface area (Å²) in [6.07, 6.45) is 2.58. The van der Waals surface area contributed by atoms with E-state index in [0.717, 1.165) is 12.8 Å². The van der Waals surface area contributed by atoms with Gasteiger partial charge in [0.25, 0.3) is 0 Å². The molecule has 0 aliphatic rings. The number of sulfonamides is 1. The van der Waals surface area contributed by atoms with Gasteiger partial charge in [-0.15, -0.1) is 0 Å². The van der Waals surface area contributed by atoms with Crippen molar-refractivity contribution >= 4 is 16.3 Å². The van der Waals surface area contributed by atoms with E-state index in [-0.39, 0.29) is 4.90 Å². The minimum absolute atomic E-state index is 0.163. The SMILES string of the molecule is NCCCCC(C=O)NS(=O)(=O)c1ccccc1. The topological polar surface area (TPSA) is 89.3 Å². The molecule has 0 radical (unpaired) electrons. The van der Waals surface area contributed by atoms with E-state index in [9.17, 15) is 13.2 Å². The van der Waals surface area contributed by atoms with E-state index in [0.29, 0.717) is 19.3 Å². The van der Waals surface area contributed by atoms with Crippen molar-refractivity contribution in [2.24, 2.45) is 5.73 Å². The lowest BCUT2D eigenvalue weighted by atomic mass is 10.1. The Kier molecular flexibility index (Phi) is 5.97. The highest BCUT2D eigenvalue weighted by Gasteiger charge is 2.18. The molecule has 0 aromatic heterocycles. The summed E-state index contributed by atoms with van der Waals surface area (Å²) >= 11 is 0. The Morgan fingerprint density at radius 1 is 1.22 bits per heavy atom. The zero-order valence-corrected chi connectivity index (χ0v) is 10.9. The first-order chi connectivity index (χ1) is 8.60. The number of aldehydes is 1. The maximum Gasteiger partial charge on any atom is 0.241 e. The van der Waals surface area contributed by atoms with Gasteiger partial charge in [0.05, 0.1) is 10.9 Å². The predicted octanol–water partition coefficient (Wildman–Crippen LogP) is 0.661. The van der Waals surface area contributed by atoms with Gasteiger partial charge in [-0.3, -0.25) is 0 Å². The second-order valence-electron chi connectivity index (χ2n) is 3.96. The van der Waals surface area contributed by atoms with Gasteiger partial charge in [-0.2, -0.15) is 0 Å². The van der Waals surface area contributed by atoms with E-state index in [2.05, 4.69) is 4.72 Å². The quantitative estimate of drug-likeness (QED) is 0.536. The highest BCUT2D eigenvalue weighted by molar-refractivity contribution is 7.89. The number of nitrogens with two attached hydrogens (primary N) is 1. The summed E-state index contributed by atoms with van der Waals surface area (Å²) < 4.78 is 26.3. The second-order valence-corrected chi connectivity index (χ2v) is 5.68. The molecule has 0 fully saturated rings. The summed E-state index contributed by atoms with van der Waals surface area (Å²) in [5.74, 6) is 0. The monoisotopic (exact) mass is 270 g/mol. The zero-order chi connectivity index (χ0) is 13.4. The van der Waals surface area contributed by atoms with E-state index < -0.39 is 16.1 Å². The third-order valence-electron chi connectivity index (χ3n) is 2.49. The van der Waals surface area contributed by atoms with Crippen molar-refractivity contribution in [3.63, 3.8) is 0 Å². The Balaban J connectivity index is 2.66. The molecule has 1 aromatic rings. The Bertz CT molecular complexity index is 459. The summed E-state index contributed by atoms with van der Waals surface area (Å²) in [5, 5.41) is 0. The average molecular weight is 270 g/mol. The van der Waals surface area contributed by atoms with Crippen LogP contribution >= 0.6 is 0 Å². The van der Waals surface area contributed by atoms with E-state index in [4.69, 9.17) is 5.73 Å². The van der Waals surface area contributed by atoms with E-state index in [1.807, 2.05) is 0 Å². The Labute approximate surface area is 107 Å². The maximum absolute atomic E-state index is 11.9. The van der Waals surface area contributed by atoms with Crippen LogP contribution in [-0.2, 0) is 14.8 Å². The number of carbonyl (C=O) groups is 1. The third-order valence-corrected chi connectivity index (χ3v) is 4.00. The summed E-state index contributed by atoms with van der Waals surface area (Å²) in [4.78, 5) is 11.0. The summed E-state index contributed by atoms with van der Waals surface area (Å²) in [6.45, 7) is 0.539. The van der Waals surface area contributed by atoms with Crippen molar-refractivity contribution in [2.45, 2.75) is 30.2 Å². The van der Waals surface area contributed by atoms with Crippen LogP contribution in [-0.4, -0.2) is 27.3 Å². The number of hydrogen-bond donors (Lipinski definition) is 2. The molecule has 1 unspecified atom stereocenters. The lowest BCUT2D eigenvalue weighted by molar-refractivity contribution is -0.109. The fourth-order valence-electron chi connectivity index (χ4n) is 1.53. The molecular formula is C12H18N2O3S. The van der Waals surface area contributed by atoms with Gasteiger partial charge in [-0.05, 0) is 31.5 Å². The van der Waals surface area contributed by atoms with Crippen LogP contribution in [0.15, 0.2) is 35.2 Å². The van der Waals surface area contributed by atoms with Gasteiger partial charge < -0.3 is 10.5 Å². The Morgan fingerprint density at radius 3 is 2.44 bits per heavy atom. The van der Waals surface area contributed by atoms with Crippen LogP contribution in [0.3, 0.4) is 0 Å². The van der Waals surface area contributed by atoms with Crippen LogP contribution in [0.2, 0.25) is 0 Å². The largest absolute Gasteiger partial charge is 0.330 e. The van der Waals surface area contributed by atoms with Gasteiger partial charge in [0, 0.05) is 0 Å². The third kappa shape index (κ3) is 4.56. The van der Waals surface area contributed by atoms with Gasteiger partial charge in [-0.25, -0.2) is 13.1 Å². The molecule has 0 bridgehead atoms. The van der Waals surface area contributed by atoms with Crippen molar-refractivity contribution in [1.29, 1.82) is 0 Å². The average Bonchev–Trinajstić information content (AvgIpc) is 2.38. The minimum atomic E-state index is -3.62. The van der Waals surface area contributed by atoms with Crippen LogP contribution in [0.4, 0.5) is 0 Å². The Hall–Kier alpha value is -1.24. The lowest BCUT2D eigenvalue weighted by Gasteiger charge is -2.12. The van der Waals surface area contributed by atoms with Gasteiger partial charge in [-0.1, -0.05) is 24.6 Å². The van der Waals surface area contributed by atoms with E-state index >= 15 is 0 Å². The first kappa shape index (κ1) is 14.8. The molecular weight excluding hydrogens is 252 g/mol. The fourth-order valence-corrected chi connectivity index (χ4v) is 2.75. The summed E-state index contributed by atoms with van der Waals surface area (Å²) in [7, 11) is -3.62. The highest BCUT2D eigenvalue weighted by atomic mass is 32.2. The standard InChI is InChI=1S/C12H18N2O3S/c13-9-5-4-6-11(10-15)14-18(16,17)12-7-2-1-3-8-12/h1-3,7-8,10-11,14H,4-6,9,13H2. The molecule has 0 spiro atoms. The molecule has 1 rings (SSSR count). The minimum Gasteiger partial charge on any atom is -0.330 e. The molecule has 3 N–H and O–H groups in total. The molecule has 5 nitrogen and oxygen atoms in total. The molecule has 6 heteroatoms. The number of benzene rings is 1. The number of unbranched alkanes of at least 4 members (excludes halogenated alkanes) is 1. The van der Waals surface area contributed by atoms with E-state index in [1.165, 1.54) is 12.1 Å². The van der Waals surface area contributed by atoms with Crippen molar-refractivity contribution in [3.05, 3.63) is 30.3 Å². The van der Waals surface area contributed by atoms with E-state index in [1.54, 1.807) is 18.2 Å². The van der Waals surface area contributed by atoms with Crippen LogP contribution in [0.1, 0.15) is 19.3 Å². The first-order valence-corrected chi connectivity index (χ1v) is 7.31.